The summed E-state index contributed by atoms with van der Waals surface area (Å²) in [6, 6.07) is 9.71. The van der Waals surface area contributed by atoms with Crippen molar-refractivity contribution in [3.05, 3.63) is 35.9 Å². The molecule has 2 rings (SSSR count). The molecule has 0 saturated carbocycles. The van der Waals surface area contributed by atoms with Crippen LogP contribution in [-0.4, -0.2) is 49.8 Å². The number of carbonyl (C=O) groups is 1. The van der Waals surface area contributed by atoms with E-state index < -0.39 is 6.10 Å². The van der Waals surface area contributed by atoms with E-state index in [0.29, 0.717) is 19.8 Å². The lowest BCUT2D eigenvalue weighted by atomic mass is 10.0. The van der Waals surface area contributed by atoms with Crippen molar-refractivity contribution in [1.29, 1.82) is 0 Å². The summed E-state index contributed by atoms with van der Waals surface area (Å²) in [5.74, 6) is 0.0541. The molecule has 1 saturated heterocycles. The molecule has 1 fully saturated rings. The molecule has 1 aliphatic rings. The predicted molar refractivity (Wildman–Crippen MR) is 90.0 cm³/mol. The molecule has 1 unspecified atom stereocenters. The first-order chi connectivity index (χ1) is 11.3. The molecular formula is C18H28N2O3. The van der Waals surface area contributed by atoms with E-state index >= 15 is 0 Å². The van der Waals surface area contributed by atoms with Crippen LogP contribution in [0.4, 0.5) is 0 Å². The van der Waals surface area contributed by atoms with Crippen molar-refractivity contribution in [3.63, 3.8) is 0 Å². The van der Waals surface area contributed by atoms with E-state index in [-0.39, 0.29) is 12.0 Å². The van der Waals surface area contributed by atoms with Gasteiger partial charge in [-0.25, -0.2) is 0 Å². The average molecular weight is 320 g/mol. The molecular weight excluding hydrogens is 292 g/mol. The summed E-state index contributed by atoms with van der Waals surface area (Å²) >= 11 is 0. The van der Waals surface area contributed by atoms with Crippen LogP contribution in [0.25, 0.3) is 0 Å². The molecule has 0 spiro atoms. The first kappa shape index (κ1) is 17.9. The Morgan fingerprint density at radius 1 is 1.30 bits per heavy atom. The molecule has 0 aromatic heterocycles. The molecule has 1 amide bonds. The van der Waals surface area contributed by atoms with Crippen molar-refractivity contribution in [1.82, 2.24) is 4.90 Å². The van der Waals surface area contributed by atoms with Crippen molar-refractivity contribution in [2.45, 2.75) is 38.4 Å². The molecule has 0 bridgehead atoms. The van der Waals surface area contributed by atoms with Gasteiger partial charge in [-0.3, -0.25) is 4.79 Å². The molecule has 5 heteroatoms. The molecule has 1 aliphatic heterocycles. The molecule has 0 aliphatic carbocycles. The molecule has 1 heterocycles. The second kappa shape index (κ2) is 9.65. The van der Waals surface area contributed by atoms with Crippen LogP contribution in [0.15, 0.2) is 30.3 Å². The molecule has 1 aromatic carbocycles. The summed E-state index contributed by atoms with van der Waals surface area (Å²) in [6.07, 6.45) is 2.39. The zero-order valence-electron chi connectivity index (χ0n) is 13.9. The summed E-state index contributed by atoms with van der Waals surface area (Å²) in [7, 11) is 0. The number of ether oxygens (including phenoxy) is 2. The Labute approximate surface area is 138 Å². The monoisotopic (exact) mass is 320 g/mol. The fourth-order valence-corrected chi connectivity index (χ4v) is 2.85. The van der Waals surface area contributed by atoms with Gasteiger partial charge in [0, 0.05) is 26.3 Å². The second-order valence-corrected chi connectivity index (χ2v) is 5.78. The van der Waals surface area contributed by atoms with Crippen LogP contribution in [0.3, 0.4) is 0 Å². The molecule has 1 aromatic rings. The summed E-state index contributed by atoms with van der Waals surface area (Å²) in [6.45, 7) is 5.25. The lowest BCUT2D eigenvalue weighted by Gasteiger charge is -2.34. The maximum Gasteiger partial charge on any atom is 0.256 e. The predicted octanol–water partition coefficient (Wildman–Crippen LogP) is 2.12. The van der Waals surface area contributed by atoms with Gasteiger partial charge in [0.25, 0.3) is 5.91 Å². The number of benzene rings is 1. The zero-order chi connectivity index (χ0) is 16.5. The minimum Gasteiger partial charge on any atom is -0.378 e. The van der Waals surface area contributed by atoms with Gasteiger partial charge in [0.05, 0.1) is 6.10 Å². The van der Waals surface area contributed by atoms with E-state index in [2.05, 4.69) is 0 Å². The van der Waals surface area contributed by atoms with Crippen molar-refractivity contribution in [2.24, 2.45) is 5.73 Å². The Hall–Kier alpha value is -1.43. The SMILES string of the molecule is CCOC(C(=O)N1CCC(OCCCN)CC1)c1ccccc1. The second-order valence-electron chi connectivity index (χ2n) is 5.78. The first-order valence-corrected chi connectivity index (χ1v) is 8.53. The van der Waals surface area contributed by atoms with Crippen LogP contribution in [0.1, 0.15) is 37.9 Å². The number of piperidine rings is 1. The van der Waals surface area contributed by atoms with E-state index in [1.807, 2.05) is 42.2 Å². The summed E-state index contributed by atoms with van der Waals surface area (Å²) in [4.78, 5) is 14.7. The summed E-state index contributed by atoms with van der Waals surface area (Å²) < 4.78 is 11.5. The molecule has 2 N–H and O–H groups in total. The van der Waals surface area contributed by atoms with Gasteiger partial charge < -0.3 is 20.1 Å². The third-order valence-electron chi connectivity index (χ3n) is 4.12. The van der Waals surface area contributed by atoms with Crippen LogP contribution >= 0.6 is 0 Å². The number of hydrogen-bond donors (Lipinski definition) is 1. The van der Waals surface area contributed by atoms with Gasteiger partial charge in [-0.15, -0.1) is 0 Å². The number of rotatable bonds is 8. The largest absolute Gasteiger partial charge is 0.378 e. The Morgan fingerprint density at radius 2 is 2.00 bits per heavy atom. The normalized spacial score (nSPS) is 17.2. The van der Waals surface area contributed by atoms with Gasteiger partial charge in [0.15, 0.2) is 6.10 Å². The highest BCUT2D eigenvalue weighted by Gasteiger charge is 2.29. The highest BCUT2D eigenvalue weighted by atomic mass is 16.5. The van der Waals surface area contributed by atoms with Crippen LogP contribution < -0.4 is 5.73 Å². The quantitative estimate of drug-likeness (QED) is 0.745. The van der Waals surface area contributed by atoms with Crippen molar-refractivity contribution in [2.75, 3.05) is 32.8 Å². The lowest BCUT2D eigenvalue weighted by Crippen LogP contribution is -2.43. The lowest BCUT2D eigenvalue weighted by molar-refractivity contribution is -0.146. The zero-order valence-corrected chi connectivity index (χ0v) is 13.9. The van der Waals surface area contributed by atoms with Gasteiger partial charge >= 0.3 is 0 Å². The maximum atomic E-state index is 12.8. The Bertz CT molecular complexity index is 459. The fourth-order valence-electron chi connectivity index (χ4n) is 2.85. The van der Waals surface area contributed by atoms with Crippen molar-refractivity contribution >= 4 is 5.91 Å². The van der Waals surface area contributed by atoms with Gasteiger partial charge in [0.1, 0.15) is 0 Å². The Morgan fingerprint density at radius 3 is 2.61 bits per heavy atom. The Kier molecular flexibility index (Phi) is 7.52. The Balaban J connectivity index is 1.89. The van der Waals surface area contributed by atoms with Crippen LogP contribution in [0.5, 0.6) is 0 Å². The van der Waals surface area contributed by atoms with Crippen molar-refractivity contribution < 1.29 is 14.3 Å². The third-order valence-corrected chi connectivity index (χ3v) is 4.12. The molecule has 0 radical (unpaired) electrons. The van der Waals surface area contributed by atoms with Gasteiger partial charge in [0.2, 0.25) is 0 Å². The summed E-state index contributed by atoms with van der Waals surface area (Å²) in [5, 5.41) is 0. The number of hydrogen-bond acceptors (Lipinski definition) is 4. The minimum absolute atomic E-state index is 0.0541. The molecule has 5 nitrogen and oxygen atoms in total. The smallest absolute Gasteiger partial charge is 0.256 e. The maximum absolute atomic E-state index is 12.8. The minimum atomic E-state index is -0.504. The topological polar surface area (TPSA) is 64.8 Å². The molecule has 1 atom stereocenters. The number of likely N-dealkylation sites (tertiary alicyclic amines) is 1. The number of nitrogens with two attached hydrogens (primary N) is 1. The highest BCUT2D eigenvalue weighted by molar-refractivity contribution is 5.82. The van der Waals surface area contributed by atoms with Gasteiger partial charge in [-0.2, -0.15) is 0 Å². The molecule has 128 valence electrons. The first-order valence-electron chi connectivity index (χ1n) is 8.53. The van der Waals surface area contributed by atoms with Gasteiger partial charge in [-0.1, -0.05) is 30.3 Å². The fraction of sp³-hybridized carbons (Fsp3) is 0.611. The average Bonchev–Trinajstić information content (AvgIpc) is 2.61. The van der Waals surface area contributed by atoms with Crippen LogP contribution in [0.2, 0.25) is 0 Å². The summed E-state index contributed by atoms with van der Waals surface area (Å²) in [5.41, 5.74) is 6.39. The third kappa shape index (κ3) is 5.30. The van der Waals surface area contributed by atoms with E-state index in [9.17, 15) is 4.79 Å². The number of nitrogens with zero attached hydrogens (tertiary/aromatic N) is 1. The molecule has 23 heavy (non-hydrogen) atoms. The van der Waals surface area contributed by atoms with E-state index in [1.54, 1.807) is 0 Å². The standard InChI is InChI=1S/C18H28N2O3/c1-2-22-17(15-7-4-3-5-8-15)18(21)20-12-9-16(10-13-20)23-14-6-11-19/h3-5,7-8,16-17H,2,6,9-14,19H2,1H3. The van der Waals surface area contributed by atoms with Crippen LogP contribution in [-0.2, 0) is 14.3 Å². The van der Waals surface area contributed by atoms with Gasteiger partial charge in [-0.05, 0) is 38.3 Å². The number of carbonyl (C=O) groups excluding carboxylic acids is 1. The highest BCUT2D eigenvalue weighted by Crippen LogP contribution is 2.23. The van der Waals surface area contributed by atoms with E-state index in [0.717, 1.165) is 37.9 Å². The van der Waals surface area contributed by atoms with Crippen molar-refractivity contribution in [3.8, 4) is 0 Å². The van der Waals surface area contributed by atoms with E-state index in [1.165, 1.54) is 0 Å². The van der Waals surface area contributed by atoms with E-state index in [4.69, 9.17) is 15.2 Å². The number of amides is 1. The van der Waals surface area contributed by atoms with Crippen LogP contribution in [0, 0.1) is 0 Å².